The van der Waals surface area contributed by atoms with Gasteiger partial charge >= 0.3 is 5.97 Å². The molecule has 15 nitrogen and oxygen atoms in total. The van der Waals surface area contributed by atoms with Crippen LogP contribution in [-0.4, -0.2) is 102 Å². The number of carbonyl (C=O) groups is 8. The van der Waals surface area contributed by atoms with E-state index in [4.69, 9.17) is 4.84 Å². The molecule has 56 heavy (non-hydrogen) atoms. The van der Waals surface area contributed by atoms with E-state index in [1.54, 1.807) is 0 Å². The van der Waals surface area contributed by atoms with Gasteiger partial charge in [0.25, 0.3) is 11.8 Å². The maximum Gasteiger partial charge on any atom is 0.333 e. The van der Waals surface area contributed by atoms with Crippen LogP contribution in [0.4, 0.5) is 0 Å². The Kier molecular flexibility index (Phi) is 22.7. The smallest absolute Gasteiger partial charge is 0.333 e. The summed E-state index contributed by atoms with van der Waals surface area (Å²) in [6, 6.07) is 0.296. The first-order chi connectivity index (χ1) is 27.1. The first-order valence-corrected chi connectivity index (χ1v) is 21.2. The van der Waals surface area contributed by atoms with E-state index in [0.717, 1.165) is 64.2 Å². The molecule has 0 radical (unpaired) electrons. The Morgan fingerprint density at radius 2 is 1.05 bits per heavy atom. The van der Waals surface area contributed by atoms with Gasteiger partial charge in [-0.2, -0.15) is 0 Å². The number of allylic oxidation sites excluding steroid dienone is 2. The van der Waals surface area contributed by atoms with Crippen LogP contribution in [0.5, 0.6) is 0 Å². The Morgan fingerprint density at radius 3 is 1.59 bits per heavy atom. The number of hydrogen-bond donors (Lipinski definition) is 4. The highest BCUT2D eigenvalue weighted by atomic mass is 16.7. The number of nitrogens with zero attached hydrogens (tertiary/aromatic N) is 2. The molecular formula is C41H66N6O9. The summed E-state index contributed by atoms with van der Waals surface area (Å²) in [5, 5.41) is 12.2. The summed E-state index contributed by atoms with van der Waals surface area (Å²) in [5.41, 5.74) is 1.26. The zero-order valence-electron chi connectivity index (χ0n) is 33.4. The van der Waals surface area contributed by atoms with Crippen molar-refractivity contribution in [1.29, 1.82) is 0 Å². The zero-order valence-corrected chi connectivity index (χ0v) is 33.4. The third-order valence-corrected chi connectivity index (χ3v) is 10.3. The van der Waals surface area contributed by atoms with Crippen molar-refractivity contribution in [3.8, 4) is 0 Å². The summed E-state index contributed by atoms with van der Waals surface area (Å²) in [7, 11) is 0. The van der Waals surface area contributed by atoms with Gasteiger partial charge < -0.3 is 26.1 Å². The highest BCUT2D eigenvalue weighted by molar-refractivity contribution is 6.01. The molecule has 0 atom stereocenters. The van der Waals surface area contributed by atoms with E-state index in [2.05, 4.69) is 21.3 Å². The van der Waals surface area contributed by atoms with E-state index in [0.29, 0.717) is 75.7 Å². The molecule has 4 N–H and O–H groups in total. The van der Waals surface area contributed by atoms with Crippen LogP contribution in [0.3, 0.4) is 0 Å². The molecule has 3 fully saturated rings. The van der Waals surface area contributed by atoms with Gasteiger partial charge in [0, 0.05) is 57.8 Å². The van der Waals surface area contributed by atoms with Gasteiger partial charge in [0.2, 0.25) is 23.6 Å². The van der Waals surface area contributed by atoms with Gasteiger partial charge in [0.1, 0.15) is 0 Å². The van der Waals surface area contributed by atoms with Gasteiger partial charge in [-0.3, -0.25) is 38.5 Å². The van der Waals surface area contributed by atoms with E-state index in [-0.39, 0.29) is 68.3 Å². The van der Waals surface area contributed by atoms with Gasteiger partial charge in [-0.05, 0) is 83.1 Å². The zero-order chi connectivity index (χ0) is 40.4. The first kappa shape index (κ1) is 46.2. The van der Waals surface area contributed by atoms with E-state index in [9.17, 15) is 38.4 Å². The van der Waals surface area contributed by atoms with Crippen LogP contribution in [0, 0.1) is 0 Å². The molecule has 1 saturated heterocycles. The van der Waals surface area contributed by atoms with Gasteiger partial charge in [-0.15, -0.1) is 5.06 Å². The first-order valence-electron chi connectivity index (χ1n) is 21.2. The second-order valence-corrected chi connectivity index (χ2v) is 15.4. The van der Waals surface area contributed by atoms with Crippen molar-refractivity contribution in [3.05, 3.63) is 11.6 Å². The molecular weight excluding hydrogens is 720 g/mol. The molecule has 0 aromatic rings. The average molecular weight is 787 g/mol. The van der Waals surface area contributed by atoms with E-state index < -0.39 is 17.8 Å². The topological polar surface area (TPSA) is 200 Å². The number of imide groups is 1. The molecule has 2 aliphatic carbocycles. The fourth-order valence-corrected chi connectivity index (χ4v) is 7.19. The second kappa shape index (κ2) is 27.5. The molecule has 0 unspecified atom stereocenters. The summed E-state index contributed by atoms with van der Waals surface area (Å²) in [6.45, 7) is 0.712. The van der Waals surface area contributed by atoms with Crippen molar-refractivity contribution in [3.63, 3.8) is 0 Å². The molecule has 1 heterocycles. The van der Waals surface area contributed by atoms with Crippen LogP contribution in [0.25, 0.3) is 0 Å². The lowest BCUT2D eigenvalue weighted by Crippen LogP contribution is -2.47. The number of ketones is 1. The number of hydrogen-bond acceptors (Lipinski definition) is 10. The largest absolute Gasteiger partial charge is 0.355 e. The number of rotatable bonds is 27. The van der Waals surface area contributed by atoms with Gasteiger partial charge in [0.15, 0.2) is 5.78 Å². The van der Waals surface area contributed by atoms with Crippen molar-refractivity contribution in [2.24, 2.45) is 0 Å². The van der Waals surface area contributed by atoms with Crippen LogP contribution in [-0.2, 0) is 43.2 Å². The van der Waals surface area contributed by atoms with Crippen molar-refractivity contribution in [2.75, 3.05) is 39.3 Å². The average Bonchev–Trinajstić information content (AvgIpc) is 3.48. The summed E-state index contributed by atoms with van der Waals surface area (Å²) in [4.78, 5) is 105. The second-order valence-electron chi connectivity index (χ2n) is 15.4. The SMILES string of the molecule is O=C(C=C1CCCCC1)CCCCCNC(=O)CN(CC(=O)NCCCCCC(=O)NC1CCCCC1)CC(=O)NCCCCCC(=O)ON1C(=O)CCC1=O. The maximum atomic E-state index is 12.8. The summed E-state index contributed by atoms with van der Waals surface area (Å²) in [5.74, 6) is -2.43. The lowest BCUT2D eigenvalue weighted by Gasteiger charge is -2.22. The number of unbranched alkanes of at least 4 members (excludes halogenated alkanes) is 6. The molecule has 314 valence electrons. The van der Waals surface area contributed by atoms with Crippen LogP contribution in [0.15, 0.2) is 11.6 Å². The molecule has 3 rings (SSSR count). The minimum atomic E-state index is -0.667. The number of carbonyl (C=O) groups excluding carboxylic acids is 8. The van der Waals surface area contributed by atoms with E-state index >= 15 is 0 Å². The normalized spacial score (nSPS) is 16.1. The van der Waals surface area contributed by atoms with Gasteiger partial charge in [-0.25, -0.2) is 4.79 Å². The van der Waals surface area contributed by atoms with Crippen LogP contribution in [0.2, 0.25) is 0 Å². The Balaban J connectivity index is 1.32. The van der Waals surface area contributed by atoms with Crippen molar-refractivity contribution < 1.29 is 43.2 Å². The highest BCUT2D eigenvalue weighted by Crippen LogP contribution is 2.23. The van der Waals surface area contributed by atoms with Crippen molar-refractivity contribution in [2.45, 2.75) is 160 Å². The Morgan fingerprint density at radius 1 is 0.571 bits per heavy atom. The lowest BCUT2D eigenvalue weighted by atomic mass is 9.93. The van der Waals surface area contributed by atoms with E-state index in [1.165, 1.54) is 36.2 Å². The van der Waals surface area contributed by atoms with Crippen molar-refractivity contribution >= 4 is 47.2 Å². The molecule has 6 amide bonds. The molecule has 0 aromatic carbocycles. The molecule has 0 spiro atoms. The predicted octanol–water partition coefficient (Wildman–Crippen LogP) is 3.83. The monoisotopic (exact) mass is 786 g/mol. The summed E-state index contributed by atoms with van der Waals surface area (Å²) in [6.07, 6.45) is 20.2. The third-order valence-electron chi connectivity index (χ3n) is 10.3. The third kappa shape index (κ3) is 20.7. The molecule has 0 bridgehead atoms. The molecule has 1 aliphatic heterocycles. The minimum Gasteiger partial charge on any atom is -0.355 e. The summed E-state index contributed by atoms with van der Waals surface area (Å²) < 4.78 is 0. The molecule has 15 heteroatoms. The number of hydroxylamine groups is 2. The van der Waals surface area contributed by atoms with E-state index in [1.807, 2.05) is 6.08 Å². The predicted molar refractivity (Wildman–Crippen MR) is 209 cm³/mol. The quantitative estimate of drug-likeness (QED) is 0.0539. The van der Waals surface area contributed by atoms with Gasteiger partial charge in [-0.1, -0.05) is 50.5 Å². The van der Waals surface area contributed by atoms with Crippen LogP contribution < -0.4 is 21.3 Å². The van der Waals surface area contributed by atoms with Crippen LogP contribution >= 0.6 is 0 Å². The van der Waals surface area contributed by atoms with Gasteiger partial charge in [0.05, 0.1) is 19.6 Å². The lowest BCUT2D eigenvalue weighted by molar-refractivity contribution is -0.197. The Labute approximate surface area is 332 Å². The Bertz CT molecular complexity index is 1320. The highest BCUT2D eigenvalue weighted by Gasteiger charge is 2.32. The molecule has 2 saturated carbocycles. The summed E-state index contributed by atoms with van der Waals surface area (Å²) >= 11 is 0. The minimum absolute atomic E-state index is 0.0229. The van der Waals surface area contributed by atoms with Crippen LogP contribution in [0.1, 0.15) is 154 Å². The number of amides is 6. The fourth-order valence-electron chi connectivity index (χ4n) is 7.19. The van der Waals surface area contributed by atoms with Crippen molar-refractivity contribution in [1.82, 2.24) is 31.2 Å². The fraction of sp³-hybridized carbons (Fsp3) is 0.756. The number of nitrogens with one attached hydrogen (secondary N) is 4. The molecule has 3 aliphatic rings. The Hall–Kier alpha value is -4.14. The standard InChI is InChI=1S/C41H66N6O9/c48-34(28-32-16-6-1-7-17-32)20-10-3-13-25-42-36(50)29-46(30-37(51)43-26-14-4-11-21-35(49)45-33-18-8-2-9-19-33)31-38(52)44-27-15-5-12-22-41(55)56-47-39(53)23-24-40(47)54/h28,33H,1-27,29-31H2,(H,42,50)(H,43,51)(H,44,52)(H,45,49). The maximum absolute atomic E-state index is 12.8. The molecule has 0 aromatic heterocycles.